The number of aliphatic hydroxyl groups is 1. The van der Waals surface area contributed by atoms with Crippen molar-refractivity contribution in [1.29, 1.82) is 0 Å². The average Bonchev–Trinajstić information content (AvgIpc) is 2.73. The van der Waals surface area contributed by atoms with Crippen molar-refractivity contribution in [2.75, 3.05) is 13.2 Å². The Morgan fingerprint density at radius 2 is 1.86 bits per heavy atom. The van der Waals surface area contributed by atoms with Crippen molar-refractivity contribution in [3.05, 3.63) is 59.1 Å². The molecule has 156 valence electrons. The second kappa shape index (κ2) is 8.68. The van der Waals surface area contributed by atoms with Crippen LogP contribution in [0.1, 0.15) is 12.0 Å². The molecular weight excluding hydrogens is 422 g/mol. The van der Waals surface area contributed by atoms with E-state index in [1.807, 2.05) is 12.1 Å². The summed E-state index contributed by atoms with van der Waals surface area (Å²) >= 11 is 5.84. The number of sulfone groups is 1. The Kier molecular flexibility index (Phi) is 6.45. The van der Waals surface area contributed by atoms with E-state index in [1.54, 1.807) is 12.1 Å². The van der Waals surface area contributed by atoms with Crippen LogP contribution >= 0.6 is 11.6 Å². The summed E-state index contributed by atoms with van der Waals surface area (Å²) in [5, 5.41) is 18.6. The van der Waals surface area contributed by atoms with Crippen molar-refractivity contribution in [2.45, 2.75) is 28.8 Å². The number of halogens is 1. The monoisotopic (exact) mass is 441 g/mol. The zero-order chi connectivity index (χ0) is 21.1. The summed E-state index contributed by atoms with van der Waals surface area (Å²) in [5.74, 6) is -0.775. The van der Waals surface area contributed by atoms with Crippen LogP contribution < -0.4 is 10.2 Å². The summed E-state index contributed by atoms with van der Waals surface area (Å²) in [4.78, 5) is 11.8. The number of benzene rings is 2. The van der Waals surface area contributed by atoms with Gasteiger partial charge >= 0.3 is 0 Å². The first-order valence-electron chi connectivity index (χ1n) is 8.73. The van der Waals surface area contributed by atoms with Gasteiger partial charge in [-0.1, -0.05) is 23.7 Å². The van der Waals surface area contributed by atoms with Crippen LogP contribution in [0.15, 0.2) is 53.4 Å². The predicted molar refractivity (Wildman–Crippen MR) is 104 cm³/mol. The number of rotatable bonds is 6. The van der Waals surface area contributed by atoms with Gasteiger partial charge in [0, 0.05) is 11.6 Å². The topological polar surface area (TPSA) is 122 Å². The van der Waals surface area contributed by atoms with Gasteiger partial charge in [0.1, 0.15) is 17.6 Å². The van der Waals surface area contributed by atoms with Crippen molar-refractivity contribution in [2.24, 2.45) is 0 Å². The third kappa shape index (κ3) is 4.54. The Balaban J connectivity index is 1.76. The van der Waals surface area contributed by atoms with Gasteiger partial charge in [0.05, 0.1) is 11.5 Å². The molecule has 1 aliphatic heterocycles. The van der Waals surface area contributed by atoms with E-state index in [9.17, 15) is 18.3 Å². The Bertz CT molecular complexity index is 963. The number of hydroxylamine groups is 1. The van der Waals surface area contributed by atoms with Crippen molar-refractivity contribution in [3.63, 3.8) is 0 Å². The third-order valence-corrected chi connectivity index (χ3v) is 7.28. The Labute approximate surface area is 172 Å². The van der Waals surface area contributed by atoms with Crippen molar-refractivity contribution in [3.8, 4) is 5.75 Å². The van der Waals surface area contributed by atoms with E-state index in [0.717, 1.165) is 5.56 Å². The number of ether oxygens (including phenoxy) is 2. The molecule has 10 heteroatoms. The van der Waals surface area contributed by atoms with Gasteiger partial charge in [-0.3, -0.25) is 10.0 Å². The molecule has 2 unspecified atom stereocenters. The minimum absolute atomic E-state index is 0.0627. The van der Waals surface area contributed by atoms with E-state index in [1.165, 1.54) is 29.7 Å². The fourth-order valence-corrected chi connectivity index (χ4v) is 5.17. The molecule has 1 aliphatic rings. The lowest BCUT2D eigenvalue weighted by atomic mass is 9.95. The van der Waals surface area contributed by atoms with Gasteiger partial charge < -0.3 is 14.6 Å². The summed E-state index contributed by atoms with van der Waals surface area (Å²) in [6, 6.07) is 12.8. The molecule has 3 N–H and O–H groups in total. The van der Waals surface area contributed by atoms with Gasteiger partial charge in [-0.05, 0) is 48.4 Å². The number of carbonyl (C=O) groups is 1. The second-order valence-corrected chi connectivity index (χ2v) is 9.19. The molecule has 1 amide bonds. The molecule has 0 aromatic heterocycles. The molecule has 0 spiro atoms. The van der Waals surface area contributed by atoms with Gasteiger partial charge in [-0.2, -0.15) is 0 Å². The highest BCUT2D eigenvalue weighted by molar-refractivity contribution is 7.92. The first-order chi connectivity index (χ1) is 13.8. The van der Waals surface area contributed by atoms with E-state index in [0.29, 0.717) is 10.8 Å². The quantitative estimate of drug-likeness (QED) is 0.460. The third-order valence-electron chi connectivity index (χ3n) is 4.72. The van der Waals surface area contributed by atoms with E-state index >= 15 is 0 Å². The van der Waals surface area contributed by atoms with Crippen LogP contribution in [0.25, 0.3) is 0 Å². The van der Waals surface area contributed by atoms with E-state index < -0.39 is 33.2 Å². The zero-order valence-corrected chi connectivity index (χ0v) is 16.8. The zero-order valence-electron chi connectivity index (χ0n) is 15.2. The van der Waals surface area contributed by atoms with Gasteiger partial charge in [0.25, 0.3) is 5.91 Å². The smallest absolute Gasteiger partial charge is 0.279 e. The minimum atomic E-state index is -4.09. The van der Waals surface area contributed by atoms with Gasteiger partial charge in [0.2, 0.25) is 0 Å². The molecule has 2 aromatic rings. The van der Waals surface area contributed by atoms with Crippen LogP contribution in [-0.2, 0) is 26.0 Å². The number of hydrogen-bond acceptors (Lipinski definition) is 7. The molecule has 2 atom stereocenters. The Morgan fingerprint density at radius 3 is 2.48 bits per heavy atom. The van der Waals surface area contributed by atoms with Crippen molar-refractivity contribution >= 4 is 27.3 Å². The van der Waals surface area contributed by atoms with Gasteiger partial charge in [-0.15, -0.1) is 0 Å². The van der Waals surface area contributed by atoms with Crippen molar-refractivity contribution in [1.82, 2.24) is 5.48 Å². The Morgan fingerprint density at radius 1 is 1.21 bits per heavy atom. The first-order valence-corrected chi connectivity index (χ1v) is 10.7. The van der Waals surface area contributed by atoms with E-state index in [-0.39, 0.29) is 24.5 Å². The van der Waals surface area contributed by atoms with Crippen LogP contribution in [0.2, 0.25) is 5.02 Å². The molecule has 0 bridgehead atoms. The van der Waals surface area contributed by atoms with Crippen LogP contribution in [0.4, 0.5) is 0 Å². The number of amides is 1. The summed E-state index contributed by atoms with van der Waals surface area (Å²) < 4.78 is 36.7. The summed E-state index contributed by atoms with van der Waals surface area (Å²) in [6.07, 6.45) is -0.0962. The molecular formula is C19H20ClNO7S. The molecule has 1 saturated heterocycles. The van der Waals surface area contributed by atoms with Crippen LogP contribution in [0.5, 0.6) is 5.75 Å². The van der Waals surface area contributed by atoms with Crippen molar-refractivity contribution < 1.29 is 33.0 Å². The van der Waals surface area contributed by atoms with Gasteiger partial charge in [-0.25, -0.2) is 13.9 Å². The number of hydrogen-bond donors (Lipinski definition) is 3. The first kappa shape index (κ1) is 21.5. The maximum Gasteiger partial charge on any atom is 0.279 e. The maximum atomic E-state index is 13.0. The molecule has 1 fully saturated rings. The summed E-state index contributed by atoms with van der Waals surface area (Å²) in [6.45, 7) is -0.196. The number of nitrogens with one attached hydrogen (secondary N) is 1. The second-order valence-electron chi connectivity index (χ2n) is 6.63. The largest absolute Gasteiger partial charge is 0.489 e. The van der Waals surface area contributed by atoms with Gasteiger partial charge in [0.15, 0.2) is 15.4 Å². The lowest BCUT2D eigenvalue weighted by molar-refractivity contribution is -0.161. The molecule has 2 aromatic carbocycles. The van der Waals surface area contributed by atoms with E-state index in [2.05, 4.69) is 0 Å². The standard InChI is InChI=1S/C19H20ClNO7S/c20-14-3-1-13(2-4-14)11-28-15-5-7-16(8-6-15)29(25,26)17-9-10-27-12-19(17,23)18(22)21-24/h1-8,17,23-24H,9-12H2,(H,21,22). The Hall–Kier alpha value is -2.17. The highest BCUT2D eigenvalue weighted by Crippen LogP contribution is 2.32. The maximum absolute atomic E-state index is 13.0. The fourth-order valence-electron chi connectivity index (χ4n) is 3.11. The number of carbonyl (C=O) groups excluding carboxylic acids is 1. The fraction of sp³-hybridized carbons (Fsp3) is 0.316. The van der Waals surface area contributed by atoms with Crippen LogP contribution in [0.3, 0.4) is 0 Å². The molecule has 3 rings (SSSR count). The molecule has 8 nitrogen and oxygen atoms in total. The molecule has 0 saturated carbocycles. The lowest BCUT2D eigenvalue weighted by Gasteiger charge is -2.36. The minimum Gasteiger partial charge on any atom is -0.489 e. The SMILES string of the molecule is O=C(NO)C1(O)COCCC1S(=O)(=O)c1ccc(OCc2ccc(Cl)cc2)cc1. The van der Waals surface area contributed by atoms with Crippen LogP contribution in [0, 0.1) is 0 Å². The highest BCUT2D eigenvalue weighted by atomic mass is 35.5. The van der Waals surface area contributed by atoms with Crippen LogP contribution in [-0.4, -0.2) is 48.7 Å². The summed E-state index contributed by atoms with van der Waals surface area (Å²) in [5.41, 5.74) is -0.185. The lowest BCUT2D eigenvalue weighted by Crippen LogP contribution is -2.62. The molecule has 0 aliphatic carbocycles. The predicted octanol–water partition coefficient (Wildman–Crippen LogP) is 1.72. The highest BCUT2D eigenvalue weighted by Gasteiger charge is 2.53. The normalized spacial score (nSPS) is 22.1. The molecule has 1 heterocycles. The van der Waals surface area contributed by atoms with E-state index in [4.69, 9.17) is 26.3 Å². The summed E-state index contributed by atoms with van der Waals surface area (Å²) in [7, 11) is -4.09. The average molecular weight is 442 g/mol. The molecule has 0 radical (unpaired) electrons. The molecule has 29 heavy (non-hydrogen) atoms.